The molecule has 1 aliphatic rings. The van der Waals surface area contributed by atoms with Crippen LogP contribution in [0.2, 0.25) is 0 Å². The van der Waals surface area contributed by atoms with Crippen LogP contribution in [0.4, 0.5) is 0 Å². The van der Waals surface area contributed by atoms with E-state index in [1.165, 1.54) is 4.31 Å². The summed E-state index contributed by atoms with van der Waals surface area (Å²) in [5.41, 5.74) is 0.575. The lowest BCUT2D eigenvalue weighted by atomic mass is 10.1. The summed E-state index contributed by atoms with van der Waals surface area (Å²) in [5, 5.41) is 0. The summed E-state index contributed by atoms with van der Waals surface area (Å²) in [5.74, 6) is 1.07. The molecule has 29 heavy (non-hydrogen) atoms. The van der Waals surface area contributed by atoms with Crippen molar-refractivity contribution < 1.29 is 17.9 Å². The van der Waals surface area contributed by atoms with Crippen LogP contribution in [0, 0.1) is 5.92 Å². The van der Waals surface area contributed by atoms with Gasteiger partial charge in [0, 0.05) is 36.2 Å². The van der Waals surface area contributed by atoms with Gasteiger partial charge in [-0.05, 0) is 54.4 Å². The Morgan fingerprint density at radius 2 is 1.59 bits per heavy atom. The van der Waals surface area contributed by atoms with Crippen molar-refractivity contribution in [3.63, 3.8) is 0 Å². The van der Waals surface area contributed by atoms with Gasteiger partial charge >= 0.3 is 0 Å². The smallest absolute Gasteiger partial charge is 0.253 e. The number of nitrogens with zero attached hydrogens (tertiary/aromatic N) is 2. The van der Waals surface area contributed by atoms with Gasteiger partial charge in [-0.1, -0.05) is 29.8 Å². The van der Waals surface area contributed by atoms with E-state index in [1.807, 2.05) is 0 Å². The van der Waals surface area contributed by atoms with Gasteiger partial charge in [0.2, 0.25) is 10.0 Å². The third-order valence-corrected chi connectivity index (χ3v) is 7.10. The van der Waals surface area contributed by atoms with E-state index >= 15 is 0 Å². The maximum Gasteiger partial charge on any atom is 0.253 e. The molecular formula is C21H25BrN2O4S. The fourth-order valence-electron chi connectivity index (χ4n) is 3.03. The number of hydrogen-bond donors (Lipinski definition) is 0. The Bertz CT molecular complexity index is 936. The molecule has 0 bridgehead atoms. The molecule has 0 atom stereocenters. The van der Waals surface area contributed by atoms with Crippen LogP contribution in [0.15, 0.2) is 57.9 Å². The van der Waals surface area contributed by atoms with E-state index in [0.29, 0.717) is 31.2 Å². The summed E-state index contributed by atoms with van der Waals surface area (Å²) in [6.45, 7) is 6.06. The lowest BCUT2D eigenvalue weighted by Gasteiger charge is -2.34. The molecule has 1 heterocycles. The number of rotatable bonds is 6. The van der Waals surface area contributed by atoms with Gasteiger partial charge in [-0.25, -0.2) is 8.42 Å². The Kier molecular flexibility index (Phi) is 6.97. The number of hydrogen-bond acceptors (Lipinski definition) is 4. The molecule has 1 aliphatic heterocycles. The SMILES string of the molecule is CC(C)COc1ccc(C(=O)N2CCN(S(=O)(=O)c3ccc(Br)cc3)CC2)cc1. The van der Waals surface area contributed by atoms with Crippen molar-refractivity contribution in [1.29, 1.82) is 0 Å². The fourth-order valence-corrected chi connectivity index (χ4v) is 4.71. The molecule has 0 aromatic heterocycles. The average Bonchev–Trinajstić information content (AvgIpc) is 2.72. The Hall–Kier alpha value is -1.90. The summed E-state index contributed by atoms with van der Waals surface area (Å²) in [7, 11) is -3.55. The topological polar surface area (TPSA) is 66.9 Å². The molecule has 156 valence electrons. The quantitative estimate of drug-likeness (QED) is 0.632. The van der Waals surface area contributed by atoms with Crippen LogP contribution in [-0.2, 0) is 10.0 Å². The van der Waals surface area contributed by atoms with Crippen LogP contribution in [0.5, 0.6) is 5.75 Å². The van der Waals surface area contributed by atoms with Crippen molar-refractivity contribution in [1.82, 2.24) is 9.21 Å². The Labute approximate surface area is 180 Å². The molecule has 0 N–H and O–H groups in total. The highest BCUT2D eigenvalue weighted by molar-refractivity contribution is 9.10. The summed E-state index contributed by atoms with van der Waals surface area (Å²) in [6, 6.07) is 13.7. The van der Waals surface area contributed by atoms with E-state index < -0.39 is 10.0 Å². The second-order valence-corrected chi connectivity index (χ2v) is 10.2. The lowest BCUT2D eigenvalue weighted by Crippen LogP contribution is -2.50. The molecule has 2 aromatic rings. The first-order valence-electron chi connectivity index (χ1n) is 9.55. The third kappa shape index (κ3) is 5.38. The molecule has 6 nitrogen and oxygen atoms in total. The van der Waals surface area contributed by atoms with Crippen LogP contribution in [-0.4, -0.2) is 56.3 Å². The van der Waals surface area contributed by atoms with Gasteiger partial charge in [0.15, 0.2) is 0 Å². The highest BCUT2D eigenvalue weighted by Crippen LogP contribution is 2.21. The molecule has 0 unspecified atom stereocenters. The number of piperazine rings is 1. The largest absolute Gasteiger partial charge is 0.493 e. The number of carbonyl (C=O) groups excluding carboxylic acids is 1. The summed E-state index contributed by atoms with van der Waals surface area (Å²) in [4.78, 5) is 14.7. The molecule has 1 fully saturated rings. The maximum absolute atomic E-state index is 12.8. The highest BCUT2D eigenvalue weighted by atomic mass is 79.9. The molecular weight excluding hydrogens is 456 g/mol. The number of carbonyl (C=O) groups is 1. The Morgan fingerprint density at radius 1 is 1.00 bits per heavy atom. The fraction of sp³-hybridized carbons (Fsp3) is 0.381. The van der Waals surface area contributed by atoms with Gasteiger partial charge < -0.3 is 9.64 Å². The number of sulfonamides is 1. The van der Waals surface area contributed by atoms with Gasteiger partial charge in [-0.3, -0.25) is 4.79 Å². The van der Waals surface area contributed by atoms with E-state index in [0.717, 1.165) is 10.2 Å². The maximum atomic E-state index is 12.8. The third-order valence-electron chi connectivity index (χ3n) is 4.66. The Balaban J connectivity index is 1.60. The van der Waals surface area contributed by atoms with Gasteiger partial charge in [0.1, 0.15) is 5.75 Å². The van der Waals surface area contributed by atoms with Crippen molar-refractivity contribution in [2.24, 2.45) is 5.92 Å². The molecule has 1 amide bonds. The minimum absolute atomic E-state index is 0.0962. The van der Waals surface area contributed by atoms with Gasteiger partial charge in [-0.2, -0.15) is 4.31 Å². The first kappa shape index (κ1) is 21.8. The predicted molar refractivity (Wildman–Crippen MR) is 116 cm³/mol. The average molecular weight is 481 g/mol. The first-order valence-corrected chi connectivity index (χ1v) is 11.8. The predicted octanol–water partition coefficient (Wildman–Crippen LogP) is 3.63. The van der Waals surface area contributed by atoms with Gasteiger partial charge in [0.05, 0.1) is 11.5 Å². The van der Waals surface area contributed by atoms with Crippen LogP contribution >= 0.6 is 15.9 Å². The summed E-state index contributed by atoms with van der Waals surface area (Å²) < 4.78 is 33.5. The summed E-state index contributed by atoms with van der Waals surface area (Å²) in [6.07, 6.45) is 0. The van der Waals surface area contributed by atoms with E-state index in [-0.39, 0.29) is 23.9 Å². The van der Waals surface area contributed by atoms with Crippen molar-refractivity contribution in [3.8, 4) is 5.75 Å². The van der Waals surface area contributed by atoms with E-state index in [1.54, 1.807) is 53.4 Å². The minimum atomic E-state index is -3.55. The second-order valence-electron chi connectivity index (χ2n) is 7.38. The van der Waals surface area contributed by atoms with Crippen LogP contribution in [0.3, 0.4) is 0 Å². The molecule has 0 radical (unpaired) electrons. The minimum Gasteiger partial charge on any atom is -0.493 e. The van der Waals surface area contributed by atoms with Crippen molar-refractivity contribution in [2.75, 3.05) is 32.8 Å². The van der Waals surface area contributed by atoms with E-state index in [9.17, 15) is 13.2 Å². The zero-order chi connectivity index (χ0) is 21.0. The lowest BCUT2D eigenvalue weighted by molar-refractivity contribution is 0.0698. The van der Waals surface area contributed by atoms with E-state index in [2.05, 4.69) is 29.8 Å². The number of amides is 1. The molecule has 0 saturated carbocycles. The van der Waals surface area contributed by atoms with Gasteiger partial charge in [0.25, 0.3) is 5.91 Å². The first-order chi connectivity index (χ1) is 13.8. The zero-order valence-corrected chi connectivity index (χ0v) is 18.9. The van der Waals surface area contributed by atoms with Gasteiger partial charge in [-0.15, -0.1) is 0 Å². The van der Waals surface area contributed by atoms with Crippen molar-refractivity contribution >= 4 is 31.9 Å². The Morgan fingerprint density at radius 3 is 2.14 bits per heavy atom. The number of halogens is 1. The van der Waals surface area contributed by atoms with E-state index in [4.69, 9.17) is 4.74 Å². The van der Waals surface area contributed by atoms with Crippen LogP contribution in [0.1, 0.15) is 24.2 Å². The second kappa shape index (κ2) is 9.28. The van der Waals surface area contributed by atoms with Crippen molar-refractivity contribution in [3.05, 3.63) is 58.6 Å². The molecule has 0 aliphatic carbocycles. The molecule has 1 saturated heterocycles. The standard InChI is InChI=1S/C21H25BrN2O4S/c1-16(2)15-28-19-7-3-17(4-8-19)21(25)23-11-13-24(14-12-23)29(26,27)20-9-5-18(22)6-10-20/h3-10,16H,11-15H2,1-2H3. The summed E-state index contributed by atoms with van der Waals surface area (Å²) >= 11 is 3.31. The van der Waals surface area contributed by atoms with Crippen LogP contribution in [0.25, 0.3) is 0 Å². The molecule has 0 spiro atoms. The normalized spacial score (nSPS) is 15.5. The number of benzene rings is 2. The molecule has 2 aromatic carbocycles. The van der Waals surface area contributed by atoms with Crippen LogP contribution < -0.4 is 4.74 Å². The zero-order valence-electron chi connectivity index (χ0n) is 16.5. The monoisotopic (exact) mass is 480 g/mol. The van der Waals surface area contributed by atoms with Crippen molar-refractivity contribution in [2.45, 2.75) is 18.7 Å². The molecule has 3 rings (SSSR count). The molecule has 8 heteroatoms. The number of ether oxygens (including phenoxy) is 1. The highest BCUT2D eigenvalue weighted by Gasteiger charge is 2.30.